The maximum atomic E-state index is 11.6. The van der Waals surface area contributed by atoms with E-state index in [0.717, 1.165) is 4.47 Å². The van der Waals surface area contributed by atoms with E-state index in [1.54, 1.807) is 45.0 Å². The molecule has 1 rings (SSSR count). The molecule has 0 atom stereocenters. The van der Waals surface area contributed by atoms with Crippen molar-refractivity contribution in [1.29, 1.82) is 0 Å². The van der Waals surface area contributed by atoms with Crippen LogP contribution < -0.4 is 5.48 Å². The third-order valence-corrected chi connectivity index (χ3v) is 2.43. The number of nitrogens with one attached hydrogen (secondary N) is 1. The summed E-state index contributed by atoms with van der Waals surface area (Å²) in [4.78, 5) is 27.7. The second-order valence-electron chi connectivity index (χ2n) is 4.58. The van der Waals surface area contributed by atoms with Gasteiger partial charge in [0.15, 0.2) is 0 Å². The summed E-state index contributed by atoms with van der Waals surface area (Å²) < 4.78 is 0.785. The molecule has 0 fully saturated rings. The van der Waals surface area contributed by atoms with Gasteiger partial charge in [0.1, 0.15) is 0 Å². The van der Waals surface area contributed by atoms with Crippen LogP contribution in [-0.2, 0) is 9.63 Å². The van der Waals surface area contributed by atoms with Crippen molar-refractivity contribution < 1.29 is 14.4 Å². The molecule has 0 aliphatic heterocycles. The molecule has 1 aromatic carbocycles. The number of hydrogen-bond donors (Lipinski definition) is 1. The highest BCUT2D eigenvalue weighted by Gasteiger charge is 2.24. The number of rotatable bonds is 1. The Hall–Kier alpha value is -1.36. The van der Waals surface area contributed by atoms with E-state index in [0.29, 0.717) is 5.56 Å². The van der Waals surface area contributed by atoms with Gasteiger partial charge in [-0.3, -0.25) is 4.79 Å². The van der Waals surface area contributed by atoms with Crippen molar-refractivity contribution in [2.45, 2.75) is 20.8 Å². The third-order valence-electron chi connectivity index (χ3n) is 1.94. The molecule has 1 amide bonds. The molecule has 92 valence electrons. The zero-order chi connectivity index (χ0) is 13.1. The monoisotopic (exact) mass is 299 g/mol. The van der Waals surface area contributed by atoms with Gasteiger partial charge in [0, 0.05) is 10.0 Å². The molecule has 0 saturated heterocycles. The van der Waals surface area contributed by atoms with Gasteiger partial charge in [-0.1, -0.05) is 22.0 Å². The second kappa shape index (κ2) is 5.31. The molecule has 5 heteroatoms. The Morgan fingerprint density at radius 1 is 1.29 bits per heavy atom. The van der Waals surface area contributed by atoms with E-state index in [4.69, 9.17) is 4.84 Å². The molecule has 0 bridgehead atoms. The maximum absolute atomic E-state index is 11.6. The van der Waals surface area contributed by atoms with Gasteiger partial charge in [0.2, 0.25) is 0 Å². The number of halogens is 1. The maximum Gasteiger partial charge on any atom is 0.337 e. The van der Waals surface area contributed by atoms with E-state index < -0.39 is 17.3 Å². The Morgan fingerprint density at radius 3 is 2.47 bits per heavy atom. The summed E-state index contributed by atoms with van der Waals surface area (Å²) in [5, 5.41) is 0. The van der Waals surface area contributed by atoms with Crippen LogP contribution in [0.25, 0.3) is 0 Å². The van der Waals surface area contributed by atoms with Crippen molar-refractivity contribution in [3.63, 3.8) is 0 Å². The average molecular weight is 300 g/mol. The molecule has 0 spiro atoms. The Bertz CT molecular complexity index is 438. The predicted molar refractivity (Wildman–Crippen MR) is 67.2 cm³/mol. The molecule has 0 saturated carbocycles. The van der Waals surface area contributed by atoms with E-state index in [-0.39, 0.29) is 0 Å². The number of carbonyl (C=O) groups is 2. The minimum atomic E-state index is -0.648. The topological polar surface area (TPSA) is 55.4 Å². The molecular formula is C12H14BrNO3. The first-order chi connectivity index (χ1) is 7.80. The lowest BCUT2D eigenvalue weighted by Crippen LogP contribution is -2.33. The van der Waals surface area contributed by atoms with Crippen molar-refractivity contribution >= 4 is 27.8 Å². The molecule has 1 N–H and O–H groups in total. The first-order valence-corrected chi connectivity index (χ1v) is 5.87. The molecule has 0 unspecified atom stereocenters. The zero-order valence-corrected chi connectivity index (χ0v) is 11.5. The minimum absolute atomic E-state index is 0.418. The first kappa shape index (κ1) is 13.7. The summed E-state index contributed by atoms with van der Waals surface area (Å²) in [6, 6.07) is 6.80. The average Bonchev–Trinajstić information content (AvgIpc) is 2.24. The highest BCUT2D eigenvalue weighted by molar-refractivity contribution is 9.10. The Kier molecular flexibility index (Phi) is 4.28. The fourth-order valence-corrected chi connectivity index (χ4v) is 1.33. The van der Waals surface area contributed by atoms with Gasteiger partial charge in [0.25, 0.3) is 5.91 Å². The fourth-order valence-electron chi connectivity index (χ4n) is 0.934. The largest absolute Gasteiger partial charge is 0.340 e. The lowest BCUT2D eigenvalue weighted by molar-refractivity contribution is -0.158. The van der Waals surface area contributed by atoms with Crippen LogP contribution in [0, 0.1) is 5.41 Å². The zero-order valence-electron chi connectivity index (χ0n) is 9.91. The van der Waals surface area contributed by atoms with Gasteiger partial charge in [-0.05, 0) is 39.0 Å². The number of hydrogen-bond acceptors (Lipinski definition) is 3. The molecule has 0 radical (unpaired) electrons. The Balaban J connectivity index is 2.60. The molecule has 4 nitrogen and oxygen atoms in total. The molecule has 0 aromatic heterocycles. The van der Waals surface area contributed by atoms with Gasteiger partial charge < -0.3 is 4.84 Å². The van der Waals surface area contributed by atoms with E-state index in [1.807, 2.05) is 0 Å². The summed E-state index contributed by atoms with van der Waals surface area (Å²) in [5.41, 5.74) is 1.89. The van der Waals surface area contributed by atoms with E-state index in [1.165, 1.54) is 0 Å². The van der Waals surface area contributed by atoms with Crippen LogP contribution >= 0.6 is 15.9 Å². The van der Waals surface area contributed by atoms with Crippen LogP contribution in [0.1, 0.15) is 31.1 Å². The van der Waals surface area contributed by atoms with Gasteiger partial charge in [-0.2, -0.15) is 5.48 Å². The van der Waals surface area contributed by atoms with Gasteiger partial charge >= 0.3 is 5.97 Å². The van der Waals surface area contributed by atoms with Crippen LogP contribution in [0.3, 0.4) is 0 Å². The number of benzene rings is 1. The molecule has 0 aliphatic rings. The smallest absolute Gasteiger partial charge is 0.337 e. The summed E-state index contributed by atoms with van der Waals surface area (Å²) in [7, 11) is 0. The predicted octanol–water partition coefficient (Wildman–Crippen LogP) is 2.68. The molecular weight excluding hydrogens is 286 g/mol. The van der Waals surface area contributed by atoms with Gasteiger partial charge in [-0.15, -0.1) is 0 Å². The Morgan fingerprint density at radius 2 is 1.94 bits per heavy atom. The number of amides is 1. The molecule has 0 heterocycles. The summed E-state index contributed by atoms with van der Waals surface area (Å²) in [5.74, 6) is -0.940. The van der Waals surface area contributed by atoms with Crippen LogP contribution in [0.15, 0.2) is 28.7 Å². The fraction of sp³-hybridized carbons (Fsp3) is 0.333. The minimum Gasteiger partial charge on any atom is -0.340 e. The van der Waals surface area contributed by atoms with Crippen LogP contribution in [-0.4, -0.2) is 11.9 Å². The Labute approximate surface area is 108 Å². The van der Waals surface area contributed by atoms with E-state index in [2.05, 4.69) is 21.4 Å². The highest BCUT2D eigenvalue weighted by atomic mass is 79.9. The van der Waals surface area contributed by atoms with Gasteiger partial charge in [-0.25, -0.2) is 4.79 Å². The molecule has 17 heavy (non-hydrogen) atoms. The molecule has 1 aromatic rings. The van der Waals surface area contributed by atoms with Gasteiger partial charge in [0.05, 0.1) is 5.41 Å². The lowest BCUT2D eigenvalue weighted by atomic mass is 9.98. The first-order valence-electron chi connectivity index (χ1n) is 5.08. The van der Waals surface area contributed by atoms with Crippen molar-refractivity contribution in [2.24, 2.45) is 5.41 Å². The van der Waals surface area contributed by atoms with Crippen molar-refractivity contribution in [1.82, 2.24) is 5.48 Å². The lowest BCUT2D eigenvalue weighted by Gasteiger charge is -2.15. The summed E-state index contributed by atoms with van der Waals surface area (Å²) in [6.07, 6.45) is 0. The SMILES string of the molecule is CC(C)(C)C(=O)ONC(=O)c1cccc(Br)c1. The van der Waals surface area contributed by atoms with Crippen LogP contribution in [0.5, 0.6) is 0 Å². The third kappa shape index (κ3) is 4.19. The van der Waals surface area contributed by atoms with Crippen LogP contribution in [0.4, 0.5) is 0 Å². The molecule has 0 aliphatic carbocycles. The highest BCUT2D eigenvalue weighted by Crippen LogP contribution is 2.15. The van der Waals surface area contributed by atoms with Crippen LogP contribution in [0.2, 0.25) is 0 Å². The van der Waals surface area contributed by atoms with Crippen molar-refractivity contribution in [2.75, 3.05) is 0 Å². The standard InChI is InChI=1S/C12H14BrNO3/c1-12(2,3)11(16)17-14-10(15)8-5-4-6-9(13)7-8/h4-7H,1-3H3,(H,14,15). The quantitative estimate of drug-likeness (QED) is 0.811. The number of carbonyl (C=O) groups excluding carboxylic acids is 2. The van der Waals surface area contributed by atoms with E-state index >= 15 is 0 Å². The summed E-state index contributed by atoms with van der Waals surface area (Å²) in [6.45, 7) is 5.13. The normalized spacial score (nSPS) is 10.8. The van der Waals surface area contributed by atoms with E-state index in [9.17, 15) is 9.59 Å². The van der Waals surface area contributed by atoms with Crippen molar-refractivity contribution in [3.05, 3.63) is 34.3 Å². The van der Waals surface area contributed by atoms with Crippen molar-refractivity contribution in [3.8, 4) is 0 Å². The number of hydroxylamine groups is 1. The summed E-state index contributed by atoms with van der Waals surface area (Å²) >= 11 is 3.25. The second-order valence-corrected chi connectivity index (χ2v) is 5.50.